The molecule has 1 aliphatic heterocycles. The number of hydrogen-bond donors (Lipinski definition) is 1. The number of halogens is 2. The van der Waals surface area contributed by atoms with Crippen LogP contribution in [0, 0.1) is 5.82 Å². The summed E-state index contributed by atoms with van der Waals surface area (Å²) in [5.41, 5.74) is 3.37. The molecule has 6 nitrogen and oxygen atoms in total. The summed E-state index contributed by atoms with van der Waals surface area (Å²) in [5, 5.41) is 4.44. The molecule has 3 aromatic carbocycles. The average molecular weight is 487 g/mol. The van der Waals surface area contributed by atoms with Gasteiger partial charge in [-0.2, -0.15) is 0 Å². The van der Waals surface area contributed by atoms with Crippen molar-refractivity contribution in [1.82, 2.24) is 13.7 Å². The van der Waals surface area contributed by atoms with Crippen LogP contribution in [0.15, 0.2) is 82.4 Å². The minimum atomic E-state index is -0.476. The SMILES string of the molecule is Cn1c(=O)c2c(-c3ccccc3F)n3c(c2n(C)c1=O)[C@@H](c1ccc(Cl)cc1)Nc1ccccc1-3. The number of para-hydroxylation sites is 2. The smallest absolute Gasteiger partial charge is 0.331 e. The second-order valence-corrected chi connectivity index (χ2v) is 9.06. The van der Waals surface area contributed by atoms with Crippen LogP contribution in [0.4, 0.5) is 10.1 Å². The van der Waals surface area contributed by atoms with Gasteiger partial charge in [-0.3, -0.25) is 13.9 Å². The van der Waals surface area contributed by atoms with E-state index in [4.69, 9.17) is 11.6 Å². The van der Waals surface area contributed by atoms with Gasteiger partial charge in [0, 0.05) is 24.7 Å². The fourth-order valence-corrected chi connectivity index (χ4v) is 5.16. The summed E-state index contributed by atoms with van der Waals surface area (Å²) in [6.45, 7) is 0. The summed E-state index contributed by atoms with van der Waals surface area (Å²) in [5.74, 6) is -0.454. The van der Waals surface area contributed by atoms with Gasteiger partial charge in [-0.05, 0) is 42.0 Å². The Morgan fingerprint density at radius 3 is 2.31 bits per heavy atom. The Morgan fingerprint density at radius 1 is 0.886 bits per heavy atom. The molecule has 1 aliphatic rings. The van der Waals surface area contributed by atoms with Crippen molar-refractivity contribution in [3.05, 3.63) is 116 Å². The molecule has 8 heteroatoms. The zero-order chi connectivity index (χ0) is 24.4. The first-order chi connectivity index (χ1) is 16.9. The van der Waals surface area contributed by atoms with Crippen molar-refractivity contribution in [2.75, 3.05) is 5.32 Å². The normalized spacial score (nSPS) is 14.5. The molecule has 1 N–H and O–H groups in total. The van der Waals surface area contributed by atoms with Gasteiger partial charge in [-0.15, -0.1) is 0 Å². The Morgan fingerprint density at radius 2 is 1.57 bits per heavy atom. The molecular formula is C27H20ClFN4O2. The van der Waals surface area contributed by atoms with Crippen LogP contribution in [0.5, 0.6) is 0 Å². The molecule has 0 unspecified atom stereocenters. The third kappa shape index (κ3) is 3.01. The molecule has 0 amide bonds. The van der Waals surface area contributed by atoms with E-state index in [1.807, 2.05) is 41.0 Å². The highest BCUT2D eigenvalue weighted by Gasteiger charge is 2.35. The number of rotatable bonds is 2. The Bertz CT molecular complexity index is 1770. The topological polar surface area (TPSA) is 61.0 Å². The van der Waals surface area contributed by atoms with E-state index >= 15 is 4.39 Å². The molecule has 35 heavy (non-hydrogen) atoms. The average Bonchev–Trinajstić information content (AvgIpc) is 3.23. The van der Waals surface area contributed by atoms with Crippen LogP contribution in [0.3, 0.4) is 0 Å². The van der Waals surface area contributed by atoms with Crippen LogP contribution in [0.1, 0.15) is 17.3 Å². The first kappa shape index (κ1) is 21.4. The van der Waals surface area contributed by atoms with Crippen LogP contribution in [-0.4, -0.2) is 13.7 Å². The minimum absolute atomic E-state index is 0.283. The lowest BCUT2D eigenvalue weighted by Gasteiger charge is -2.31. The number of benzene rings is 3. The van der Waals surface area contributed by atoms with Crippen molar-refractivity contribution in [3.8, 4) is 16.9 Å². The molecule has 0 fully saturated rings. The van der Waals surface area contributed by atoms with Crippen LogP contribution < -0.4 is 16.6 Å². The van der Waals surface area contributed by atoms with Crippen LogP contribution in [0.25, 0.3) is 27.8 Å². The van der Waals surface area contributed by atoms with Gasteiger partial charge in [0.1, 0.15) is 5.82 Å². The van der Waals surface area contributed by atoms with E-state index in [-0.39, 0.29) is 10.9 Å². The van der Waals surface area contributed by atoms with Gasteiger partial charge in [0.2, 0.25) is 0 Å². The summed E-state index contributed by atoms with van der Waals surface area (Å²) in [7, 11) is 3.07. The van der Waals surface area contributed by atoms with E-state index in [2.05, 4.69) is 5.32 Å². The predicted octanol–water partition coefficient (Wildman–Crippen LogP) is 5.00. The summed E-state index contributed by atoms with van der Waals surface area (Å²) in [4.78, 5) is 26.6. The van der Waals surface area contributed by atoms with E-state index in [1.54, 1.807) is 37.4 Å². The number of fused-ring (bicyclic) bond motifs is 5. The van der Waals surface area contributed by atoms with Crippen molar-refractivity contribution < 1.29 is 4.39 Å². The Hall–Kier alpha value is -4.10. The summed E-state index contributed by atoms with van der Waals surface area (Å²) >= 11 is 6.16. The number of aromatic nitrogens is 3. The number of nitrogens with zero attached hydrogens (tertiary/aromatic N) is 3. The quantitative estimate of drug-likeness (QED) is 0.382. The molecule has 2 aromatic heterocycles. The number of aryl methyl sites for hydroxylation is 1. The molecule has 174 valence electrons. The van der Waals surface area contributed by atoms with Crippen molar-refractivity contribution in [2.45, 2.75) is 6.04 Å². The molecule has 0 bridgehead atoms. The number of nitrogens with one attached hydrogen (secondary N) is 1. The van der Waals surface area contributed by atoms with E-state index < -0.39 is 23.1 Å². The Balaban J connectivity index is 1.88. The molecule has 0 spiro atoms. The molecule has 0 aliphatic carbocycles. The van der Waals surface area contributed by atoms with Gasteiger partial charge in [-0.25, -0.2) is 9.18 Å². The Kier molecular flexibility index (Phi) is 4.72. The van der Waals surface area contributed by atoms with Crippen LogP contribution >= 0.6 is 11.6 Å². The third-order valence-corrected chi connectivity index (χ3v) is 6.91. The molecule has 0 saturated heterocycles. The molecule has 1 atom stereocenters. The second kappa shape index (κ2) is 7.71. The predicted molar refractivity (Wildman–Crippen MR) is 136 cm³/mol. The van der Waals surface area contributed by atoms with Gasteiger partial charge in [0.05, 0.1) is 39.7 Å². The zero-order valence-corrected chi connectivity index (χ0v) is 19.7. The third-order valence-electron chi connectivity index (χ3n) is 6.66. The molecule has 0 radical (unpaired) electrons. The molecular weight excluding hydrogens is 467 g/mol. The van der Waals surface area contributed by atoms with Crippen LogP contribution in [0.2, 0.25) is 5.02 Å². The van der Waals surface area contributed by atoms with Crippen molar-refractivity contribution >= 4 is 28.2 Å². The molecule has 0 saturated carbocycles. The number of hydrogen-bond acceptors (Lipinski definition) is 3. The first-order valence-corrected chi connectivity index (χ1v) is 11.5. The fourth-order valence-electron chi connectivity index (χ4n) is 5.03. The van der Waals surface area contributed by atoms with Gasteiger partial charge in [-0.1, -0.05) is 48.0 Å². The van der Waals surface area contributed by atoms with Gasteiger partial charge in [0.25, 0.3) is 5.56 Å². The minimum Gasteiger partial charge on any atom is -0.371 e. The van der Waals surface area contributed by atoms with Gasteiger partial charge in [0.15, 0.2) is 0 Å². The van der Waals surface area contributed by atoms with Crippen molar-refractivity contribution in [3.63, 3.8) is 0 Å². The highest BCUT2D eigenvalue weighted by molar-refractivity contribution is 6.30. The molecule has 5 aromatic rings. The summed E-state index contributed by atoms with van der Waals surface area (Å²) in [6.07, 6.45) is 0. The van der Waals surface area contributed by atoms with E-state index in [1.165, 1.54) is 17.7 Å². The van der Waals surface area contributed by atoms with Crippen LogP contribution in [-0.2, 0) is 14.1 Å². The maximum absolute atomic E-state index is 15.3. The lowest BCUT2D eigenvalue weighted by atomic mass is 9.99. The van der Waals surface area contributed by atoms with E-state index in [9.17, 15) is 9.59 Å². The second-order valence-electron chi connectivity index (χ2n) is 8.62. The van der Waals surface area contributed by atoms with Crippen molar-refractivity contribution in [2.24, 2.45) is 14.1 Å². The highest BCUT2D eigenvalue weighted by atomic mass is 35.5. The monoisotopic (exact) mass is 486 g/mol. The van der Waals surface area contributed by atoms with E-state index in [0.29, 0.717) is 21.9 Å². The standard InChI is InChI=1S/C27H20ClFN4O2/c1-31-24-21(26(34)32(2)27(31)35)23(17-7-3-4-8-18(17)29)33-20-10-6-5-9-19(20)30-22(25(24)33)15-11-13-16(28)14-12-15/h3-14,22,30H,1-2H3/t22-/m1/s1. The maximum Gasteiger partial charge on any atom is 0.331 e. The fraction of sp³-hybridized carbons (Fsp3) is 0.111. The molecule has 6 rings (SSSR count). The number of anilines is 1. The van der Waals surface area contributed by atoms with E-state index in [0.717, 1.165) is 21.5 Å². The summed E-state index contributed by atoms with van der Waals surface area (Å²) in [6, 6.07) is 21.0. The van der Waals surface area contributed by atoms with Gasteiger partial charge >= 0.3 is 5.69 Å². The lowest BCUT2D eigenvalue weighted by Crippen LogP contribution is -2.37. The van der Waals surface area contributed by atoms with Crippen molar-refractivity contribution in [1.29, 1.82) is 0 Å². The maximum atomic E-state index is 15.3. The lowest BCUT2D eigenvalue weighted by molar-refractivity contribution is 0.630. The highest BCUT2D eigenvalue weighted by Crippen LogP contribution is 2.45. The summed E-state index contributed by atoms with van der Waals surface area (Å²) < 4.78 is 19.7. The zero-order valence-electron chi connectivity index (χ0n) is 18.9. The first-order valence-electron chi connectivity index (χ1n) is 11.1. The molecule has 3 heterocycles. The Labute approximate surface area is 204 Å². The van der Waals surface area contributed by atoms with Gasteiger partial charge < -0.3 is 9.88 Å². The largest absolute Gasteiger partial charge is 0.371 e.